The summed E-state index contributed by atoms with van der Waals surface area (Å²) in [5.74, 6) is -60.7. The summed E-state index contributed by atoms with van der Waals surface area (Å²) in [6, 6.07) is 6.14. The average Bonchev–Trinajstić information content (AvgIpc) is 3.21. The number of benzene rings is 2. The molecule has 380 valence electrons. The van der Waals surface area contributed by atoms with Crippen LogP contribution in [0, 0.1) is 17.6 Å². The number of anilines is 1. The summed E-state index contributed by atoms with van der Waals surface area (Å²) < 4.78 is 285. The van der Waals surface area contributed by atoms with Gasteiger partial charge >= 0.3 is 59.7 Å². The maximum absolute atomic E-state index is 15.0. The van der Waals surface area contributed by atoms with Crippen molar-refractivity contribution in [2.45, 2.75) is 112 Å². The first-order valence-corrected chi connectivity index (χ1v) is 21.6. The van der Waals surface area contributed by atoms with Crippen LogP contribution in [0.4, 0.5) is 93.9 Å². The van der Waals surface area contributed by atoms with Gasteiger partial charge in [0.2, 0.25) is 0 Å². The van der Waals surface area contributed by atoms with Crippen molar-refractivity contribution in [1.29, 1.82) is 0 Å². The zero-order chi connectivity index (χ0) is 52.0. The van der Waals surface area contributed by atoms with E-state index in [1.54, 1.807) is 0 Å². The summed E-state index contributed by atoms with van der Waals surface area (Å²) in [5, 5.41) is 2.10. The smallest absolute Gasteiger partial charge is 0.460 e. The monoisotopic (exact) mass is 1020 g/mol. The van der Waals surface area contributed by atoms with E-state index >= 15 is 0 Å². The molecular formula is C40H42F19NO6Si. The van der Waals surface area contributed by atoms with Crippen molar-refractivity contribution in [2.75, 3.05) is 25.1 Å². The number of carbonyl (C=O) groups excluding carboxylic acids is 2. The summed E-state index contributed by atoms with van der Waals surface area (Å²) in [6.07, 6.45) is -9.32. The maximum atomic E-state index is 15.0. The number of nitrogens with one attached hydrogen (secondary N) is 1. The molecule has 0 aliphatic rings. The Balaban J connectivity index is 2.32. The van der Waals surface area contributed by atoms with Gasteiger partial charge in [-0.05, 0) is 47.0 Å². The van der Waals surface area contributed by atoms with Crippen LogP contribution in [0.2, 0.25) is 17.1 Å². The molecular weight excluding hydrogens is 979 g/mol. The van der Waals surface area contributed by atoms with Crippen molar-refractivity contribution >= 4 is 26.1 Å². The largest absolute Gasteiger partial charge is 0.491 e. The number of amides is 1. The third-order valence-corrected chi connectivity index (χ3v) is 15.9. The molecule has 0 spiro atoms. The molecule has 27 heteroatoms. The van der Waals surface area contributed by atoms with E-state index in [0.29, 0.717) is 6.07 Å². The lowest BCUT2D eigenvalue weighted by molar-refractivity contribution is -0.461. The Hall–Kier alpha value is -4.69. The summed E-state index contributed by atoms with van der Waals surface area (Å²) in [7, 11) is -4.06. The molecule has 0 fully saturated rings. The average molecular weight is 1020 g/mol. The molecule has 2 aromatic carbocycles. The Bertz CT molecular complexity index is 2020. The van der Waals surface area contributed by atoms with Crippen LogP contribution in [-0.4, -0.2) is 87.8 Å². The number of hydrogen-bond donors (Lipinski definition) is 1. The van der Waals surface area contributed by atoms with Crippen molar-refractivity contribution in [3.8, 4) is 5.75 Å². The van der Waals surface area contributed by atoms with Crippen molar-refractivity contribution in [2.24, 2.45) is 5.92 Å². The van der Waals surface area contributed by atoms with Crippen LogP contribution in [0.1, 0.15) is 52.7 Å². The van der Waals surface area contributed by atoms with E-state index in [4.69, 9.17) is 18.6 Å². The number of rotatable bonds is 24. The first-order chi connectivity index (χ1) is 30.3. The Morgan fingerprint density at radius 1 is 0.701 bits per heavy atom. The van der Waals surface area contributed by atoms with Gasteiger partial charge in [0.15, 0.2) is 8.32 Å². The van der Waals surface area contributed by atoms with Gasteiger partial charge in [-0.3, -0.25) is 5.32 Å². The molecule has 0 bridgehead atoms. The van der Waals surface area contributed by atoms with E-state index in [0.717, 1.165) is 18.2 Å². The summed E-state index contributed by atoms with van der Waals surface area (Å²) in [5.41, 5.74) is -2.10. The molecule has 0 aliphatic heterocycles. The second-order valence-corrected chi connectivity index (χ2v) is 20.4. The quantitative estimate of drug-likeness (QED) is 0.0282. The third kappa shape index (κ3) is 12.1. The lowest BCUT2D eigenvalue weighted by Gasteiger charge is -2.44. The first kappa shape index (κ1) is 58.4. The standard InChI is InChI=1S/C40H42F19NO6Si/c1-7-17-64-30(61)15-8-24(6)31(66-32(62)60-29-14-11-26(41)21-28(29)42)25-9-12-27(13-10-25)63-18-19-65-67(22(2)3,23(4)5)20-16-33(43,44)34(45,46)35(47,48)36(49,50)37(51,52)38(53,54)39(55,56)40(57,58)59/h7-15,21-24,31H,1,16-20H2,2-6H3,(H,60,62)/b15-8+/t24-,31+/m1/s1. The van der Waals surface area contributed by atoms with Gasteiger partial charge in [0.1, 0.15) is 36.7 Å². The van der Waals surface area contributed by atoms with Crippen LogP contribution in [0.15, 0.2) is 67.3 Å². The van der Waals surface area contributed by atoms with Gasteiger partial charge in [-0.15, -0.1) is 0 Å². The van der Waals surface area contributed by atoms with E-state index in [1.807, 2.05) is 0 Å². The third-order valence-electron chi connectivity index (χ3n) is 10.3. The van der Waals surface area contributed by atoms with Gasteiger partial charge in [-0.2, -0.15) is 74.6 Å². The van der Waals surface area contributed by atoms with Crippen molar-refractivity contribution < 1.29 is 112 Å². The van der Waals surface area contributed by atoms with Crippen LogP contribution >= 0.6 is 0 Å². The summed E-state index contributed by atoms with van der Waals surface area (Å²) >= 11 is 0. The maximum Gasteiger partial charge on any atom is 0.460 e. The van der Waals surface area contributed by atoms with Crippen molar-refractivity contribution in [3.05, 3.63) is 84.5 Å². The molecule has 0 aromatic heterocycles. The molecule has 0 saturated heterocycles. The minimum atomic E-state index is -8.72. The van der Waals surface area contributed by atoms with Gasteiger partial charge < -0.3 is 18.6 Å². The fourth-order valence-electron chi connectivity index (χ4n) is 6.35. The predicted octanol–water partition coefficient (Wildman–Crippen LogP) is 13.7. The molecule has 0 saturated carbocycles. The van der Waals surface area contributed by atoms with Gasteiger partial charge in [0.05, 0.1) is 12.3 Å². The van der Waals surface area contributed by atoms with Crippen molar-refractivity contribution in [3.63, 3.8) is 0 Å². The second kappa shape index (κ2) is 21.3. The highest BCUT2D eigenvalue weighted by atomic mass is 28.4. The summed E-state index contributed by atoms with van der Waals surface area (Å²) in [4.78, 5) is 24.8. The molecule has 2 rings (SSSR count). The van der Waals surface area contributed by atoms with Crippen LogP contribution in [0.3, 0.4) is 0 Å². The molecule has 1 N–H and O–H groups in total. The number of hydrogen-bond acceptors (Lipinski definition) is 6. The fourth-order valence-corrected chi connectivity index (χ4v) is 10.8. The minimum Gasteiger partial charge on any atom is -0.491 e. The normalized spacial score (nSPS) is 14.9. The number of esters is 1. The van der Waals surface area contributed by atoms with E-state index in [-0.39, 0.29) is 17.9 Å². The van der Waals surface area contributed by atoms with Crippen LogP contribution in [-0.2, 0) is 18.7 Å². The molecule has 0 aliphatic carbocycles. The van der Waals surface area contributed by atoms with E-state index in [9.17, 15) is 93.0 Å². The van der Waals surface area contributed by atoms with Crippen LogP contribution in [0.5, 0.6) is 5.75 Å². The Kier molecular flexibility index (Phi) is 18.6. The molecule has 7 nitrogen and oxygen atoms in total. The molecule has 0 unspecified atom stereocenters. The Labute approximate surface area is 370 Å². The second-order valence-electron chi connectivity index (χ2n) is 15.4. The lowest BCUT2D eigenvalue weighted by Crippen LogP contribution is -2.74. The molecule has 0 heterocycles. The number of ether oxygens (including phenoxy) is 3. The van der Waals surface area contributed by atoms with E-state index in [2.05, 4.69) is 11.9 Å². The topological polar surface area (TPSA) is 83.1 Å². The van der Waals surface area contributed by atoms with Gasteiger partial charge in [0.25, 0.3) is 0 Å². The van der Waals surface area contributed by atoms with Gasteiger partial charge in [-0.1, -0.05) is 65.5 Å². The lowest BCUT2D eigenvalue weighted by atomic mass is 9.88. The van der Waals surface area contributed by atoms with E-state index < -0.39 is 134 Å². The number of carbonyl (C=O) groups is 2. The number of alkyl halides is 17. The molecule has 2 atom stereocenters. The Morgan fingerprint density at radius 3 is 1.69 bits per heavy atom. The van der Waals surface area contributed by atoms with E-state index in [1.165, 1.54) is 71.0 Å². The highest BCUT2D eigenvalue weighted by Gasteiger charge is 2.95. The minimum absolute atomic E-state index is 0.0196. The van der Waals surface area contributed by atoms with Crippen molar-refractivity contribution in [1.82, 2.24) is 0 Å². The predicted molar refractivity (Wildman–Crippen MR) is 203 cm³/mol. The van der Waals surface area contributed by atoms with Gasteiger partial charge in [-0.25, -0.2) is 18.4 Å². The molecule has 2 aromatic rings. The summed E-state index contributed by atoms with van der Waals surface area (Å²) in [6.45, 7) is 8.80. The molecule has 0 radical (unpaired) electrons. The fraction of sp³-hybridized carbons (Fsp3) is 0.550. The molecule has 1 amide bonds. The first-order valence-electron chi connectivity index (χ1n) is 19.3. The van der Waals surface area contributed by atoms with Crippen LogP contribution in [0.25, 0.3) is 0 Å². The zero-order valence-electron chi connectivity index (χ0n) is 35.5. The molecule has 67 heavy (non-hydrogen) atoms. The highest BCUT2D eigenvalue weighted by molar-refractivity contribution is 6.76. The zero-order valence-corrected chi connectivity index (χ0v) is 36.5. The highest BCUT2D eigenvalue weighted by Crippen LogP contribution is 2.64. The Morgan fingerprint density at radius 2 is 1.21 bits per heavy atom. The SMILES string of the molecule is C=CCOC(=O)/C=C/[C@@H](C)[C@H](OC(=O)Nc1ccc(F)cc1F)c1ccc(OCCO[Si](CCC(F)(F)C(F)(F)C(F)(F)C(F)(F)C(F)(F)C(F)(F)C(F)(F)C(F)(F)F)(C(C)C)C(C)C)cc1. The number of halogens is 19. The van der Waals surface area contributed by atoms with Gasteiger partial charge in [0, 0.05) is 24.5 Å². The van der Waals surface area contributed by atoms with Crippen LogP contribution < -0.4 is 10.1 Å².